The molecule has 0 aliphatic rings. The Balaban J connectivity index is 2.06. The molecule has 3 aromatic rings. The van der Waals surface area contributed by atoms with E-state index in [9.17, 15) is 0 Å². The average Bonchev–Trinajstić information content (AvgIpc) is 2.57. The van der Waals surface area contributed by atoms with Crippen LogP contribution in [-0.2, 0) is 0 Å². The minimum Gasteiger partial charge on any atom is -0.0622 e. The minimum atomic E-state index is -0.478. The van der Waals surface area contributed by atoms with E-state index in [2.05, 4.69) is 98.8 Å². The summed E-state index contributed by atoms with van der Waals surface area (Å²) in [4.78, 5) is 0. The van der Waals surface area contributed by atoms with Crippen LogP contribution in [0.2, 0.25) is 0 Å². The summed E-state index contributed by atoms with van der Waals surface area (Å²) in [7, 11) is -0.478. The van der Waals surface area contributed by atoms with Crippen molar-refractivity contribution in [3.8, 4) is 0 Å². The van der Waals surface area contributed by atoms with Crippen LogP contribution in [0.15, 0.2) is 84.9 Å². The second-order valence-corrected chi connectivity index (χ2v) is 7.97. The number of hydrogen-bond donors (Lipinski definition) is 0. The Hall–Kier alpha value is -1.91. The van der Waals surface area contributed by atoms with Crippen LogP contribution in [0.3, 0.4) is 0 Å². The molecule has 0 bridgehead atoms. The maximum atomic E-state index is 2.31. The van der Waals surface area contributed by atoms with Gasteiger partial charge in [-0.3, -0.25) is 0 Å². The first-order valence-electron chi connectivity index (χ1n) is 7.76. The summed E-state index contributed by atoms with van der Waals surface area (Å²) in [5.74, 6) is 0.578. The third-order valence-electron chi connectivity index (χ3n) is 3.85. The smallest absolute Gasteiger partial charge is 0.0134 e. The van der Waals surface area contributed by atoms with E-state index in [1.807, 2.05) is 0 Å². The van der Waals surface area contributed by atoms with E-state index in [0.717, 1.165) is 0 Å². The minimum absolute atomic E-state index is 0.478. The molecule has 22 heavy (non-hydrogen) atoms. The molecule has 0 spiro atoms. The van der Waals surface area contributed by atoms with E-state index in [0.29, 0.717) is 5.92 Å². The van der Waals surface area contributed by atoms with Gasteiger partial charge in [-0.25, -0.2) is 0 Å². The van der Waals surface area contributed by atoms with Crippen LogP contribution < -0.4 is 15.9 Å². The van der Waals surface area contributed by atoms with Gasteiger partial charge in [0.05, 0.1) is 0 Å². The molecule has 0 aromatic heterocycles. The molecular weight excluding hydrogens is 283 g/mol. The molecule has 0 unspecified atom stereocenters. The maximum absolute atomic E-state index is 2.31. The Kier molecular flexibility index (Phi) is 4.71. The van der Waals surface area contributed by atoms with Gasteiger partial charge in [0.2, 0.25) is 0 Å². The van der Waals surface area contributed by atoms with Crippen LogP contribution in [0.5, 0.6) is 0 Å². The van der Waals surface area contributed by atoms with E-state index in [1.165, 1.54) is 21.5 Å². The first-order chi connectivity index (χ1) is 10.8. The third-order valence-corrected chi connectivity index (χ3v) is 6.29. The van der Waals surface area contributed by atoms with Crippen LogP contribution in [0.1, 0.15) is 25.3 Å². The highest BCUT2D eigenvalue weighted by atomic mass is 31.1. The van der Waals surface area contributed by atoms with Gasteiger partial charge in [0.25, 0.3) is 0 Å². The molecule has 0 radical (unpaired) electrons. The van der Waals surface area contributed by atoms with Gasteiger partial charge in [0.1, 0.15) is 0 Å². The van der Waals surface area contributed by atoms with Crippen LogP contribution in [-0.4, -0.2) is 0 Å². The molecule has 0 N–H and O–H groups in total. The Bertz CT molecular complexity index is 660. The number of hydrogen-bond acceptors (Lipinski definition) is 0. The number of benzene rings is 3. The van der Waals surface area contributed by atoms with Gasteiger partial charge < -0.3 is 0 Å². The molecule has 0 fully saturated rings. The van der Waals surface area contributed by atoms with Gasteiger partial charge in [-0.2, -0.15) is 0 Å². The highest BCUT2D eigenvalue weighted by molar-refractivity contribution is 7.79. The van der Waals surface area contributed by atoms with Crippen molar-refractivity contribution in [2.45, 2.75) is 19.8 Å². The lowest BCUT2D eigenvalue weighted by molar-refractivity contribution is 0.867. The molecule has 0 saturated heterocycles. The normalized spacial score (nSPS) is 11.1. The van der Waals surface area contributed by atoms with E-state index in [4.69, 9.17) is 0 Å². The van der Waals surface area contributed by atoms with Gasteiger partial charge >= 0.3 is 0 Å². The molecule has 3 aromatic carbocycles. The Morgan fingerprint density at radius 2 is 0.955 bits per heavy atom. The fraction of sp³-hybridized carbons (Fsp3) is 0.143. The predicted molar refractivity (Wildman–Crippen MR) is 99.2 cm³/mol. The molecule has 0 amide bonds. The van der Waals surface area contributed by atoms with Crippen LogP contribution >= 0.6 is 7.92 Å². The zero-order valence-corrected chi connectivity index (χ0v) is 14.0. The summed E-state index contributed by atoms with van der Waals surface area (Å²) in [6.07, 6.45) is 0. The molecule has 0 aliphatic heterocycles. The summed E-state index contributed by atoms with van der Waals surface area (Å²) in [6.45, 7) is 4.48. The quantitative estimate of drug-likeness (QED) is 0.619. The zero-order valence-electron chi connectivity index (χ0n) is 13.1. The third kappa shape index (κ3) is 3.29. The molecule has 110 valence electrons. The molecule has 0 atom stereocenters. The van der Waals surface area contributed by atoms with E-state index in [1.54, 1.807) is 0 Å². The van der Waals surface area contributed by atoms with Crippen molar-refractivity contribution >= 4 is 23.8 Å². The summed E-state index contributed by atoms with van der Waals surface area (Å²) in [5, 5.41) is 4.22. The predicted octanol–water partition coefficient (Wildman–Crippen LogP) is 4.57. The van der Waals surface area contributed by atoms with Crippen molar-refractivity contribution in [2.75, 3.05) is 0 Å². The molecule has 1 heteroatoms. The lowest BCUT2D eigenvalue weighted by Crippen LogP contribution is -2.20. The Morgan fingerprint density at radius 1 is 0.545 bits per heavy atom. The van der Waals surface area contributed by atoms with E-state index < -0.39 is 7.92 Å². The van der Waals surface area contributed by atoms with Gasteiger partial charge in [-0.1, -0.05) is 98.8 Å². The molecule has 0 nitrogen and oxygen atoms in total. The second-order valence-electron chi connectivity index (χ2n) is 5.75. The SMILES string of the molecule is CC(C)c1ccc(P(c2ccccc2)c2ccccc2)cc1. The lowest BCUT2D eigenvalue weighted by Gasteiger charge is -2.20. The highest BCUT2D eigenvalue weighted by Gasteiger charge is 2.15. The standard InChI is InChI=1S/C21H21P/c1-17(2)18-13-15-21(16-14-18)22(19-9-5-3-6-10-19)20-11-7-4-8-12-20/h3-17H,1-2H3. The zero-order chi connectivity index (χ0) is 15.4. The summed E-state index contributed by atoms with van der Waals surface area (Å²) in [5.41, 5.74) is 1.40. The maximum Gasteiger partial charge on any atom is -0.0134 e. The van der Waals surface area contributed by atoms with Gasteiger partial charge in [-0.05, 0) is 35.3 Å². The summed E-state index contributed by atoms with van der Waals surface area (Å²) in [6, 6.07) is 30.9. The van der Waals surface area contributed by atoms with Crippen LogP contribution in [0.25, 0.3) is 0 Å². The van der Waals surface area contributed by atoms with Gasteiger partial charge in [0, 0.05) is 0 Å². The fourth-order valence-corrected chi connectivity index (χ4v) is 4.89. The summed E-state index contributed by atoms with van der Waals surface area (Å²) >= 11 is 0. The monoisotopic (exact) mass is 304 g/mol. The van der Waals surface area contributed by atoms with Crippen LogP contribution in [0.4, 0.5) is 0 Å². The average molecular weight is 304 g/mol. The fourth-order valence-electron chi connectivity index (χ4n) is 2.61. The van der Waals surface area contributed by atoms with Gasteiger partial charge in [0.15, 0.2) is 0 Å². The van der Waals surface area contributed by atoms with E-state index in [-0.39, 0.29) is 0 Å². The second kappa shape index (κ2) is 6.90. The topological polar surface area (TPSA) is 0 Å². The van der Waals surface area contributed by atoms with Crippen LogP contribution in [0, 0.1) is 0 Å². The highest BCUT2D eigenvalue weighted by Crippen LogP contribution is 2.32. The van der Waals surface area contributed by atoms with Crippen molar-refractivity contribution in [3.63, 3.8) is 0 Å². The molecule has 3 rings (SSSR count). The van der Waals surface area contributed by atoms with Crippen molar-refractivity contribution < 1.29 is 0 Å². The molecule has 0 saturated carbocycles. The lowest BCUT2D eigenvalue weighted by atomic mass is 10.0. The first kappa shape index (κ1) is 15.0. The summed E-state index contributed by atoms with van der Waals surface area (Å²) < 4.78 is 0. The molecular formula is C21H21P. The molecule has 0 aliphatic carbocycles. The van der Waals surface area contributed by atoms with Crippen molar-refractivity contribution in [1.29, 1.82) is 0 Å². The Labute approximate surface area is 134 Å². The number of rotatable bonds is 4. The van der Waals surface area contributed by atoms with E-state index >= 15 is 0 Å². The van der Waals surface area contributed by atoms with Crippen molar-refractivity contribution in [2.24, 2.45) is 0 Å². The Morgan fingerprint density at radius 3 is 1.36 bits per heavy atom. The van der Waals surface area contributed by atoms with Gasteiger partial charge in [-0.15, -0.1) is 0 Å². The van der Waals surface area contributed by atoms with Crippen molar-refractivity contribution in [3.05, 3.63) is 90.5 Å². The molecule has 0 heterocycles. The largest absolute Gasteiger partial charge is 0.0622 e. The van der Waals surface area contributed by atoms with Crippen molar-refractivity contribution in [1.82, 2.24) is 0 Å². The first-order valence-corrected chi connectivity index (χ1v) is 9.10.